The van der Waals surface area contributed by atoms with Gasteiger partial charge in [-0.1, -0.05) is 0 Å². The number of nitrogens with zero attached hydrogens (tertiary/aromatic N) is 6. The third-order valence-corrected chi connectivity index (χ3v) is 8.28. The number of aryl methyl sites for hydroxylation is 1. The molecule has 218 valence electrons. The molecular weight excluding hydrogens is 547 g/mol. The van der Waals surface area contributed by atoms with Crippen LogP contribution in [0.3, 0.4) is 0 Å². The molecule has 42 heavy (non-hydrogen) atoms. The summed E-state index contributed by atoms with van der Waals surface area (Å²) >= 11 is 0. The van der Waals surface area contributed by atoms with E-state index in [1.54, 1.807) is 34.7 Å². The predicted octanol–water partition coefficient (Wildman–Crippen LogP) is 5.00. The highest BCUT2D eigenvalue weighted by molar-refractivity contribution is 5.96. The number of pyridine rings is 1. The lowest BCUT2D eigenvalue weighted by atomic mass is 9.93. The molecule has 1 amide bonds. The number of nitrogens with two attached hydrogens (primary N) is 1. The summed E-state index contributed by atoms with van der Waals surface area (Å²) in [6, 6.07) is 6.20. The van der Waals surface area contributed by atoms with E-state index in [2.05, 4.69) is 4.98 Å². The number of fused-ring (bicyclic) bond motifs is 7. The summed E-state index contributed by atoms with van der Waals surface area (Å²) in [7, 11) is 1.79. The lowest BCUT2D eigenvalue weighted by Crippen LogP contribution is -2.32. The van der Waals surface area contributed by atoms with E-state index in [1.165, 1.54) is 17.0 Å². The van der Waals surface area contributed by atoms with Crippen molar-refractivity contribution in [3.05, 3.63) is 64.9 Å². The summed E-state index contributed by atoms with van der Waals surface area (Å²) in [5.74, 6) is -3.04. The minimum Gasteiger partial charge on any atom is -0.482 e. The van der Waals surface area contributed by atoms with E-state index in [4.69, 9.17) is 20.7 Å². The van der Waals surface area contributed by atoms with Gasteiger partial charge in [-0.05, 0) is 49.9 Å². The van der Waals surface area contributed by atoms with Gasteiger partial charge in [0.15, 0.2) is 17.3 Å². The molecule has 1 saturated heterocycles. The summed E-state index contributed by atoms with van der Waals surface area (Å²) in [5.41, 5.74) is 10.9. The van der Waals surface area contributed by atoms with E-state index in [1.807, 2.05) is 13.1 Å². The molecule has 1 aromatic carbocycles. The van der Waals surface area contributed by atoms with E-state index in [0.29, 0.717) is 51.9 Å². The fourth-order valence-corrected chi connectivity index (χ4v) is 6.00. The number of benzene rings is 1. The van der Waals surface area contributed by atoms with Gasteiger partial charge in [0.2, 0.25) is 0 Å². The van der Waals surface area contributed by atoms with Crippen molar-refractivity contribution in [2.75, 3.05) is 18.8 Å². The summed E-state index contributed by atoms with van der Waals surface area (Å²) in [4.78, 5) is 19.4. The maximum absolute atomic E-state index is 14.5. The zero-order chi connectivity index (χ0) is 29.3. The number of hydrogen-bond acceptors (Lipinski definition) is 6. The summed E-state index contributed by atoms with van der Waals surface area (Å²) in [6.07, 6.45) is 4.80. The topological polar surface area (TPSA) is 104 Å². The number of carbonyl (C=O) groups is 1. The Morgan fingerprint density at radius 2 is 2.02 bits per heavy atom. The van der Waals surface area contributed by atoms with Crippen molar-refractivity contribution < 1.29 is 22.7 Å². The average Bonchev–Trinajstić information content (AvgIpc) is 3.43. The molecule has 2 aliphatic heterocycles. The molecule has 12 heteroatoms. The van der Waals surface area contributed by atoms with Crippen molar-refractivity contribution in [3.63, 3.8) is 0 Å². The zero-order valence-electron chi connectivity index (χ0n) is 23.3. The third-order valence-electron chi connectivity index (χ3n) is 8.28. The first kappa shape index (κ1) is 26.5. The van der Waals surface area contributed by atoms with E-state index >= 15 is 0 Å². The predicted molar refractivity (Wildman–Crippen MR) is 149 cm³/mol. The Hall–Kier alpha value is -4.35. The third kappa shape index (κ3) is 4.68. The molecule has 3 aromatic heterocycles. The number of alkyl halides is 2. The van der Waals surface area contributed by atoms with Gasteiger partial charge in [-0.25, -0.2) is 18.2 Å². The van der Waals surface area contributed by atoms with Crippen LogP contribution >= 0.6 is 0 Å². The molecule has 9 nitrogen and oxygen atoms in total. The van der Waals surface area contributed by atoms with Crippen LogP contribution in [0.5, 0.6) is 5.75 Å². The first-order valence-corrected chi connectivity index (χ1v) is 14.1. The van der Waals surface area contributed by atoms with Crippen LogP contribution < -0.4 is 10.5 Å². The second-order valence-electron chi connectivity index (χ2n) is 11.6. The van der Waals surface area contributed by atoms with Crippen LogP contribution in [-0.4, -0.2) is 54.4 Å². The maximum atomic E-state index is 14.5. The molecule has 1 saturated carbocycles. The van der Waals surface area contributed by atoms with Gasteiger partial charge in [0.25, 0.3) is 11.8 Å². The highest BCUT2D eigenvalue weighted by Gasteiger charge is 2.42. The molecule has 1 atom stereocenters. The van der Waals surface area contributed by atoms with Crippen LogP contribution in [-0.2, 0) is 20.0 Å². The number of anilines is 1. The summed E-state index contributed by atoms with van der Waals surface area (Å²) in [5, 5.41) is 9.51. The lowest BCUT2D eigenvalue weighted by molar-refractivity contribution is 0.0119. The van der Waals surface area contributed by atoms with E-state index < -0.39 is 30.3 Å². The molecule has 4 aromatic rings. The van der Waals surface area contributed by atoms with Crippen molar-refractivity contribution in [1.82, 2.24) is 29.4 Å². The van der Waals surface area contributed by atoms with Gasteiger partial charge in [0.1, 0.15) is 11.9 Å². The van der Waals surface area contributed by atoms with Crippen LogP contribution in [0.25, 0.3) is 22.5 Å². The molecule has 2 bridgehead atoms. The molecule has 2 N–H and O–H groups in total. The fraction of sp³-hybridized carbons (Fsp3) is 0.400. The summed E-state index contributed by atoms with van der Waals surface area (Å²) < 4.78 is 52.7. The number of nitrogen functional groups attached to an aromatic ring is 1. The number of ether oxygens (including phenoxy) is 1. The number of carbonyl (C=O) groups excluding carboxylic acids is 1. The number of likely N-dealkylation sites (tertiary alicyclic amines) is 1. The second-order valence-corrected chi connectivity index (χ2v) is 11.6. The Labute approximate surface area is 240 Å². The number of halogens is 3. The summed E-state index contributed by atoms with van der Waals surface area (Å²) in [6.45, 7) is 1.69. The highest BCUT2D eigenvalue weighted by atomic mass is 19.3. The van der Waals surface area contributed by atoms with Gasteiger partial charge >= 0.3 is 0 Å². The molecule has 5 heterocycles. The van der Waals surface area contributed by atoms with E-state index in [0.717, 1.165) is 18.4 Å². The largest absolute Gasteiger partial charge is 0.482 e. The van der Waals surface area contributed by atoms with Crippen molar-refractivity contribution in [3.8, 4) is 28.3 Å². The molecule has 0 radical (unpaired) electrons. The molecule has 3 aliphatic rings. The SMILES string of the molecule is C[C@H]1Oc2cc(cnc2N)-c2c(c(C(=O)N3CCC(F)(F)C3)nn2CC2CC2)Cc2cn(C)nc2-c2ccc(F)cc21. The van der Waals surface area contributed by atoms with Crippen LogP contribution in [0, 0.1) is 11.7 Å². The zero-order valence-corrected chi connectivity index (χ0v) is 23.3. The fourth-order valence-electron chi connectivity index (χ4n) is 6.00. The van der Waals surface area contributed by atoms with Crippen molar-refractivity contribution >= 4 is 11.7 Å². The number of hydrogen-bond donors (Lipinski definition) is 1. The minimum absolute atomic E-state index is 0.0491. The average molecular weight is 578 g/mol. The number of rotatable bonds is 3. The second kappa shape index (κ2) is 9.60. The van der Waals surface area contributed by atoms with Gasteiger partial charge < -0.3 is 15.4 Å². The standard InChI is InChI=1S/C30H30F3N7O2/c1-16-22-11-20(31)5-6-21(22)25-19(14-38(2)36-25)9-23-26(29(41)39-8-7-30(32,33)15-39)37-40(13-17-3-4-17)27(23)18-10-24(42-16)28(34)35-12-18/h5-6,10-12,14,16-17H,3-4,7-9,13,15H2,1-2H3,(H2,34,35)/t16-/m1/s1. The normalized spacial score (nSPS) is 19.3. The Morgan fingerprint density at radius 1 is 1.21 bits per heavy atom. The van der Waals surface area contributed by atoms with Crippen molar-refractivity contribution in [2.45, 2.75) is 51.2 Å². The molecule has 0 unspecified atom stereocenters. The van der Waals surface area contributed by atoms with E-state index in [9.17, 15) is 18.0 Å². The first-order valence-electron chi connectivity index (χ1n) is 14.1. The molecule has 0 spiro atoms. The van der Waals surface area contributed by atoms with Crippen LogP contribution in [0.15, 0.2) is 36.7 Å². The Morgan fingerprint density at radius 3 is 2.76 bits per heavy atom. The van der Waals surface area contributed by atoms with Gasteiger partial charge in [-0.3, -0.25) is 14.2 Å². The van der Waals surface area contributed by atoms with Gasteiger partial charge in [0.05, 0.1) is 17.9 Å². The van der Waals surface area contributed by atoms with Crippen molar-refractivity contribution in [1.29, 1.82) is 0 Å². The van der Waals surface area contributed by atoms with Gasteiger partial charge in [0, 0.05) is 73.2 Å². The maximum Gasteiger partial charge on any atom is 0.274 e. The number of aromatic nitrogens is 5. The molecule has 2 fully saturated rings. The smallest absolute Gasteiger partial charge is 0.274 e. The Balaban J connectivity index is 1.48. The molecular formula is C30H30F3N7O2. The van der Waals surface area contributed by atoms with Crippen LogP contribution in [0.1, 0.15) is 59.5 Å². The highest BCUT2D eigenvalue weighted by Crippen LogP contribution is 2.41. The molecule has 7 rings (SSSR count). The lowest BCUT2D eigenvalue weighted by Gasteiger charge is -2.21. The number of amides is 1. The van der Waals surface area contributed by atoms with Crippen molar-refractivity contribution in [2.24, 2.45) is 13.0 Å². The molecule has 1 aliphatic carbocycles. The quantitative estimate of drug-likeness (QED) is 0.368. The monoisotopic (exact) mass is 577 g/mol. The minimum atomic E-state index is -2.94. The Kier molecular flexibility index (Phi) is 6.07. The van der Waals surface area contributed by atoms with Crippen LogP contribution in [0.2, 0.25) is 0 Å². The first-order chi connectivity index (χ1) is 20.1. The van der Waals surface area contributed by atoms with E-state index in [-0.39, 0.29) is 30.9 Å². The van der Waals surface area contributed by atoms with Gasteiger partial charge in [-0.2, -0.15) is 10.2 Å². The van der Waals surface area contributed by atoms with Crippen LogP contribution in [0.4, 0.5) is 19.0 Å². The Bertz CT molecular complexity index is 1730. The van der Waals surface area contributed by atoms with Gasteiger partial charge in [-0.15, -0.1) is 0 Å².